The maximum atomic E-state index is 13.6. The Morgan fingerprint density at radius 1 is 1.06 bits per heavy atom. The molecule has 3 aliphatic rings. The average Bonchev–Trinajstić information content (AvgIpc) is 3.26. The van der Waals surface area contributed by atoms with Crippen molar-refractivity contribution >= 4 is 5.78 Å². The number of hydrogen-bond acceptors (Lipinski definition) is 7. The molecular weight excluding hydrogens is 404 g/mol. The lowest BCUT2D eigenvalue weighted by Gasteiger charge is -2.43. The summed E-state index contributed by atoms with van der Waals surface area (Å²) >= 11 is 0. The van der Waals surface area contributed by atoms with Crippen LogP contribution in [0.4, 0.5) is 0 Å². The van der Waals surface area contributed by atoms with E-state index in [2.05, 4.69) is 18.2 Å². The van der Waals surface area contributed by atoms with E-state index in [-0.39, 0.29) is 18.5 Å². The van der Waals surface area contributed by atoms with Crippen LogP contribution < -0.4 is 15.2 Å². The summed E-state index contributed by atoms with van der Waals surface area (Å²) in [5, 5.41) is 13.7. The number of fused-ring (bicyclic) bond motifs is 1. The first kappa shape index (κ1) is 20.2. The topological polar surface area (TPSA) is 91.8 Å². The van der Waals surface area contributed by atoms with Crippen LogP contribution in [0.1, 0.15) is 35.8 Å². The van der Waals surface area contributed by atoms with Crippen LogP contribution in [0, 0.1) is 11.3 Å². The molecule has 7 heteroatoms. The van der Waals surface area contributed by atoms with E-state index < -0.39 is 5.92 Å². The van der Waals surface area contributed by atoms with Crippen molar-refractivity contribution in [3.8, 4) is 17.6 Å². The highest BCUT2D eigenvalue weighted by Gasteiger charge is 2.43. The summed E-state index contributed by atoms with van der Waals surface area (Å²) in [6.07, 6.45) is 1.05. The van der Waals surface area contributed by atoms with E-state index in [1.807, 2.05) is 60.5 Å². The van der Waals surface area contributed by atoms with Gasteiger partial charge in [-0.15, -0.1) is 0 Å². The minimum atomic E-state index is -0.537. The molecule has 0 radical (unpaired) electrons. The molecule has 0 bridgehead atoms. The average molecular weight is 428 g/mol. The van der Waals surface area contributed by atoms with Crippen molar-refractivity contribution in [2.24, 2.45) is 5.73 Å². The molecule has 2 aromatic carbocycles. The van der Waals surface area contributed by atoms with E-state index >= 15 is 0 Å². The van der Waals surface area contributed by atoms with Gasteiger partial charge in [0.2, 0.25) is 6.79 Å². The number of rotatable bonds is 3. The zero-order valence-electron chi connectivity index (χ0n) is 18.0. The summed E-state index contributed by atoms with van der Waals surface area (Å²) < 4.78 is 11.0. The molecule has 0 aromatic heterocycles. The summed E-state index contributed by atoms with van der Waals surface area (Å²) in [5.74, 6) is 1.17. The van der Waals surface area contributed by atoms with Gasteiger partial charge in [-0.2, -0.15) is 5.26 Å². The number of carbonyl (C=O) groups excluding carboxylic acids is 1. The minimum Gasteiger partial charge on any atom is -0.454 e. The quantitative estimate of drug-likeness (QED) is 0.801. The summed E-state index contributed by atoms with van der Waals surface area (Å²) in [5.41, 5.74) is 10.3. The molecule has 0 saturated heterocycles. The maximum absolute atomic E-state index is 13.6. The van der Waals surface area contributed by atoms with Crippen molar-refractivity contribution in [2.75, 3.05) is 20.9 Å². The van der Waals surface area contributed by atoms with Gasteiger partial charge in [0.25, 0.3) is 0 Å². The van der Waals surface area contributed by atoms with Crippen molar-refractivity contribution in [3.63, 3.8) is 0 Å². The van der Waals surface area contributed by atoms with Crippen LogP contribution in [-0.2, 0) is 4.79 Å². The SMILES string of the molecule is CN(C)N1C(N)=C(C#N)[C@H](c2ccc3c(c2)OCO3)C2=C1C[C@@H](c1ccccc1)CC2=O. The molecule has 2 atom stereocenters. The maximum Gasteiger partial charge on any atom is 0.231 e. The molecule has 0 amide bonds. The number of nitrogens with zero attached hydrogens (tertiary/aromatic N) is 3. The van der Waals surface area contributed by atoms with Crippen molar-refractivity contribution in [2.45, 2.75) is 24.7 Å². The Kier molecular flexibility index (Phi) is 4.87. The number of carbonyl (C=O) groups is 1. The van der Waals surface area contributed by atoms with E-state index in [0.717, 1.165) is 16.8 Å². The normalized spacial score (nSPS) is 22.3. The first-order valence-corrected chi connectivity index (χ1v) is 10.6. The molecule has 2 aliphatic heterocycles. The lowest BCUT2D eigenvalue weighted by Crippen LogP contribution is -2.46. The fourth-order valence-electron chi connectivity index (χ4n) is 4.96. The van der Waals surface area contributed by atoms with Crippen LogP contribution in [0.3, 0.4) is 0 Å². The molecule has 7 nitrogen and oxygen atoms in total. The van der Waals surface area contributed by atoms with Gasteiger partial charge in [-0.3, -0.25) is 9.80 Å². The second kappa shape index (κ2) is 7.74. The molecule has 2 heterocycles. The number of hydrogen-bond donors (Lipinski definition) is 1. The third kappa shape index (κ3) is 3.12. The van der Waals surface area contributed by atoms with E-state index in [4.69, 9.17) is 15.2 Å². The van der Waals surface area contributed by atoms with Gasteiger partial charge < -0.3 is 15.2 Å². The van der Waals surface area contributed by atoms with Gasteiger partial charge in [0.1, 0.15) is 5.82 Å². The highest BCUT2D eigenvalue weighted by atomic mass is 16.7. The first-order valence-electron chi connectivity index (χ1n) is 10.6. The monoisotopic (exact) mass is 428 g/mol. The lowest BCUT2D eigenvalue weighted by molar-refractivity contribution is -0.117. The highest BCUT2D eigenvalue weighted by molar-refractivity contribution is 6.00. The number of ether oxygens (including phenoxy) is 2. The minimum absolute atomic E-state index is 0.0369. The zero-order chi connectivity index (χ0) is 22.4. The fraction of sp³-hybridized carbons (Fsp3) is 0.280. The second-order valence-corrected chi connectivity index (χ2v) is 8.41. The molecule has 2 aromatic rings. The fourth-order valence-corrected chi connectivity index (χ4v) is 4.96. The number of Topliss-reactive ketones (excluding diaryl/α,β-unsaturated/α-hetero) is 1. The number of ketones is 1. The van der Waals surface area contributed by atoms with Gasteiger partial charge in [0.05, 0.1) is 17.6 Å². The van der Waals surface area contributed by atoms with Gasteiger partial charge in [0, 0.05) is 31.8 Å². The predicted octanol–water partition coefficient (Wildman–Crippen LogP) is 3.39. The third-order valence-electron chi connectivity index (χ3n) is 6.34. The summed E-state index contributed by atoms with van der Waals surface area (Å²) in [4.78, 5) is 13.6. The Bertz CT molecular complexity index is 1190. The van der Waals surface area contributed by atoms with Gasteiger partial charge >= 0.3 is 0 Å². The highest BCUT2D eigenvalue weighted by Crippen LogP contribution is 2.49. The predicted molar refractivity (Wildman–Crippen MR) is 118 cm³/mol. The van der Waals surface area contributed by atoms with E-state index in [1.54, 1.807) is 0 Å². The molecule has 0 spiro atoms. The second-order valence-electron chi connectivity index (χ2n) is 8.41. The Morgan fingerprint density at radius 3 is 2.53 bits per heavy atom. The van der Waals surface area contributed by atoms with Gasteiger partial charge in [0.15, 0.2) is 17.3 Å². The number of benzene rings is 2. The third-order valence-corrected chi connectivity index (χ3v) is 6.34. The largest absolute Gasteiger partial charge is 0.454 e. The number of nitriles is 1. The Hall–Kier alpha value is -3.76. The summed E-state index contributed by atoms with van der Waals surface area (Å²) in [6, 6.07) is 17.9. The Balaban J connectivity index is 1.67. The van der Waals surface area contributed by atoms with Crippen LogP contribution in [0.2, 0.25) is 0 Å². The van der Waals surface area contributed by atoms with Crippen LogP contribution in [0.25, 0.3) is 0 Å². The van der Waals surface area contributed by atoms with E-state index in [1.165, 1.54) is 0 Å². The summed E-state index contributed by atoms with van der Waals surface area (Å²) in [7, 11) is 3.73. The number of hydrazine groups is 1. The van der Waals surface area contributed by atoms with Crippen molar-refractivity contribution in [3.05, 3.63) is 82.3 Å². The lowest BCUT2D eigenvalue weighted by atomic mass is 9.72. The molecule has 0 saturated carbocycles. The number of allylic oxidation sites excluding steroid dienone is 3. The molecule has 32 heavy (non-hydrogen) atoms. The van der Waals surface area contributed by atoms with Gasteiger partial charge in [-0.25, -0.2) is 5.01 Å². The number of nitrogens with two attached hydrogens (primary N) is 1. The van der Waals surface area contributed by atoms with Crippen molar-refractivity contribution in [1.82, 2.24) is 10.0 Å². The van der Waals surface area contributed by atoms with Crippen molar-refractivity contribution < 1.29 is 14.3 Å². The molecule has 0 unspecified atom stereocenters. The Morgan fingerprint density at radius 2 is 1.81 bits per heavy atom. The first-order chi connectivity index (χ1) is 15.5. The summed E-state index contributed by atoms with van der Waals surface area (Å²) in [6.45, 7) is 0.159. The van der Waals surface area contributed by atoms with Crippen LogP contribution >= 0.6 is 0 Å². The molecular formula is C25H24N4O3. The van der Waals surface area contributed by atoms with Gasteiger partial charge in [-0.05, 0) is 35.6 Å². The molecule has 162 valence electrons. The standard InChI is InChI=1S/C25H24N4O3/c1-28(2)29-19-10-17(15-6-4-3-5-7-15)11-20(30)24(19)23(18(13-26)25(29)27)16-8-9-21-22(12-16)32-14-31-21/h3-9,12,17,23H,10-11,14,27H2,1-2H3/t17-,23+/m1/s1. The molecule has 1 aliphatic carbocycles. The molecule has 5 rings (SSSR count). The van der Waals surface area contributed by atoms with Crippen LogP contribution in [0.15, 0.2) is 71.2 Å². The van der Waals surface area contributed by atoms with E-state index in [0.29, 0.717) is 41.3 Å². The van der Waals surface area contributed by atoms with E-state index in [9.17, 15) is 10.1 Å². The van der Waals surface area contributed by atoms with Crippen molar-refractivity contribution in [1.29, 1.82) is 5.26 Å². The van der Waals surface area contributed by atoms with Crippen LogP contribution in [0.5, 0.6) is 11.5 Å². The van der Waals surface area contributed by atoms with Crippen LogP contribution in [-0.4, -0.2) is 36.7 Å². The Labute approximate surface area is 186 Å². The zero-order valence-corrected chi connectivity index (χ0v) is 18.0. The van der Waals surface area contributed by atoms with Gasteiger partial charge in [-0.1, -0.05) is 36.4 Å². The molecule has 2 N–H and O–H groups in total. The smallest absolute Gasteiger partial charge is 0.231 e. The molecule has 0 fully saturated rings.